The van der Waals surface area contributed by atoms with Gasteiger partial charge >= 0.3 is 0 Å². The molecule has 0 fully saturated rings. The van der Waals surface area contributed by atoms with E-state index >= 15 is 0 Å². The van der Waals surface area contributed by atoms with Gasteiger partial charge in [-0.2, -0.15) is 4.31 Å². The first-order valence-electron chi connectivity index (χ1n) is 10.8. The highest BCUT2D eigenvalue weighted by Crippen LogP contribution is 2.28. The fourth-order valence-electron chi connectivity index (χ4n) is 3.42. The van der Waals surface area contributed by atoms with Crippen molar-refractivity contribution in [2.24, 2.45) is 0 Å². The minimum atomic E-state index is -4.02. The van der Waals surface area contributed by atoms with Crippen LogP contribution in [-0.2, 0) is 27.8 Å². The van der Waals surface area contributed by atoms with E-state index in [2.05, 4.69) is 5.32 Å². The Morgan fingerprint density at radius 3 is 2.17 bits per heavy atom. The van der Waals surface area contributed by atoms with E-state index < -0.39 is 22.5 Å². The molecule has 0 aliphatic heterocycles. The average Bonchev–Trinajstić information content (AvgIpc) is 2.86. The molecule has 3 aromatic rings. The Morgan fingerprint density at radius 1 is 0.861 bits per heavy atom. The van der Waals surface area contributed by atoms with Gasteiger partial charge in [-0.3, -0.25) is 4.79 Å². The quantitative estimate of drug-likeness (QED) is 0.341. The summed E-state index contributed by atoms with van der Waals surface area (Å²) >= 11 is 18.0. The van der Waals surface area contributed by atoms with E-state index in [-0.39, 0.29) is 16.5 Å². The molecular formula is C25H25Cl3N2O5S. The number of nitrogens with zero attached hydrogens (tertiary/aromatic N) is 1. The number of halogens is 3. The Kier molecular flexibility index (Phi) is 9.87. The van der Waals surface area contributed by atoms with Gasteiger partial charge in [0.1, 0.15) is 0 Å². The van der Waals surface area contributed by atoms with E-state index in [0.717, 1.165) is 9.87 Å². The number of hydrogen-bond acceptors (Lipinski definition) is 5. The number of benzene rings is 3. The van der Waals surface area contributed by atoms with E-state index in [1.807, 2.05) is 12.1 Å². The number of rotatable bonds is 11. The second-order valence-corrected chi connectivity index (χ2v) is 11.0. The van der Waals surface area contributed by atoms with Crippen molar-refractivity contribution in [3.05, 3.63) is 86.9 Å². The average molecular weight is 572 g/mol. The first-order valence-corrected chi connectivity index (χ1v) is 13.4. The third kappa shape index (κ3) is 7.27. The van der Waals surface area contributed by atoms with Crippen molar-refractivity contribution in [2.45, 2.75) is 17.9 Å². The molecule has 0 heterocycles. The van der Waals surface area contributed by atoms with Gasteiger partial charge in [0.2, 0.25) is 15.9 Å². The molecule has 36 heavy (non-hydrogen) atoms. The van der Waals surface area contributed by atoms with Gasteiger partial charge in [-0.15, -0.1) is 0 Å². The molecule has 0 radical (unpaired) electrons. The zero-order valence-corrected chi connectivity index (χ0v) is 22.7. The fourth-order valence-corrected chi connectivity index (χ4v) is 5.25. The van der Waals surface area contributed by atoms with Gasteiger partial charge in [0.25, 0.3) is 0 Å². The molecule has 0 bridgehead atoms. The van der Waals surface area contributed by atoms with E-state index in [1.54, 1.807) is 38.5 Å². The molecule has 11 heteroatoms. The normalized spacial score (nSPS) is 11.4. The number of ether oxygens (including phenoxy) is 2. The van der Waals surface area contributed by atoms with Crippen molar-refractivity contribution in [1.82, 2.24) is 9.62 Å². The van der Waals surface area contributed by atoms with Crippen molar-refractivity contribution in [3.63, 3.8) is 0 Å². The lowest BCUT2D eigenvalue weighted by molar-refractivity contribution is -0.121. The van der Waals surface area contributed by atoms with E-state index in [0.29, 0.717) is 40.1 Å². The summed E-state index contributed by atoms with van der Waals surface area (Å²) in [6, 6.07) is 16.1. The maximum Gasteiger partial charge on any atom is 0.243 e. The molecule has 7 nitrogen and oxygen atoms in total. The predicted octanol–water partition coefficient (Wildman–Crippen LogP) is 5.21. The number of carbonyl (C=O) groups excluding carboxylic acids is 1. The molecule has 0 unspecified atom stereocenters. The second kappa shape index (κ2) is 12.7. The summed E-state index contributed by atoms with van der Waals surface area (Å²) in [5, 5.41) is 3.82. The molecule has 0 aliphatic rings. The van der Waals surface area contributed by atoms with Crippen LogP contribution in [-0.4, -0.2) is 45.9 Å². The van der Waals surface area contributed by atoms with Crippen LogP contribution >= 0.6 is 34.8 Å². The molecular weight excluding hydrogens is 547 g/mol. The van der Waals surface area contributed by atoms with Crippen LogP contribution in [0.15, 0.2) is 65.6 Å². The number of methoxy groups -OCH3 is 2. The van der Waals surface area contributed by atoms with Crippen molar-refractivity contribution in [2.75, 3.05) is 27.3 Å². The molecule has 1 amide bonds. The Labute approximate surface area is 225 Å². The maximum atomic E-state index is 13.4. The van der Waals surface area contributed by atoms with Crippen LogP contribution in [0.25, 0.3) is 0 Å². The number of nitrogens with one attached hydrogen (secondary N) is 1. The molecule has 0 aromatic heterocycles. The van der Waals surface area contributed by atoms with Gasteiger partial charge in [-0.25, -0.2) is 8.42 Å². The molecule has 0 saturated carbocycles. The highest BCUT2D eigenvalue weighted by Gasteiger charge is 2.27. The standard InChI is InChI=1S/C25H25Cl3N2O5S/c1-34-23-10-4-17(14-24(23)35-2)11-12-29-25(31)16-30(15-18-3-9-21(27)22(28)13-18)36(32,33)20-7-5-19(26)6-8-20/h3-10,13-14H,11-12,15-16H2,1-2H3,(H,29,31). The molecule has 0 atom stereocenters. The molecule has 0 saturated heterocycles. The fraction of sp³-hybridized carbons (Fsp3) is 0.240. The number of amides is 1. The second-order valence-electron chi connectivity index (χ2n) is 7.76. The van der Waals surface area contributed by atoms with Crippen LogP contribution in [0.2, 0.25) is 15.1 Å². The van der Waals surface area contributed by atoms with Crippen LogP contribution in [0.3, 0.4) is 0 Å². The number of hydrogen-bond donors (Lipinski definition) is 1. The van der Waals surface area contributed by atoms with E-state index in [1.165, 1.54) is 24.3 Å². The summed E-state index contributed by atoms with van der Waals surface area (Å²) < 4.78 is 38.4. The largest absolute Gasteiger partial charge is 0.493 e. The van der Waals surface area contributed by atoms with Gasteiger partial charge in [-0.1, -0.05) is 46.9 Å². The van der Waals surface area contributed by atoms with Gasteiger partial charge in [0.15, 0.2) is 11.5 Å². The topological polar surface area (TPSA) is 84.9 Å². The maximum absolute atomic E-state index is 13.4. The van der Waals surface area contributed by atoms with Crippen molar-refractivity contribution in [1.29, 1.82) is 0 Å². The summed E-state index contributed by atoms with van der Waals surface area (Å²) in [5.41, 5.74) is 1.51. The summed E-state index contributed by atoms with van der Waals surface area (Å²) in [4.78, 5) is 12.8. The molecule has 1 N–H and O–H groups in total. The van der Waals surface area contributed by atoms with E-state index in [9.17, 15) is 13.2 Å². The molecule has 0 spiro atoms. The summed E-state index contributed by atoms with van der Waals surface area (Å²) in [6.45, 7) is -0.169. The summed E-state index contributed by atoms with van der Waals surface area (Å²) in [7, 11) is -0.917. The minimum absolute atomic E-state index is 0.0186. The van der Waals surface area contributed by atoms with Gasteiger partial charge in [0, 0.05) is 18.1 Å². The van der Waals surface area contributed by atoms with Crippen molar-refractivity contribution < 1.29 is 22.7 Å². The van der Waals surface area contributed by atoms with Crippen molar-refractivity contribution in [3.8, 4) is 11.5 Å². The monoisotopic (exact) mass is 570 g/mol. The third-order valence-corrected chi connectivity index (χ3v) is 8.10. The predicted molar refractivity (Wildman–Crippen MR) is 142 cm³/mol. The van der Waals surface area contributed by atoms with Crippen LogP contribution < -0.4 is 14.8 Å². The van der Waals surface area contributed by atoms with Gasteiger partial charge < -0.3 is 14.8 Å². The lowest BCUT2D eigenvalue weighted by Gasteiger charge is -2.22. The summed E-state index contributed by atoms with van der Waals surface area (Å²) in [6.07, 6.45) is 0.517. The first-order chi connectivity index (χ1) is 17.1. The van der Waals surface area contributed by atoms with Crippen molar-refractivity contribution >= 4 is 50.7 Å². The van der Waals surface area contributed by atoms with E-state index in [4.69, 9.17) is 44.3 Å². The highest BCUT2D eigenvalue weighted by atomic mass is 35.5. The van der Waals surface area contributed by atoms with Gasteiger partial charge in [0.05, 0.1) is 35.7 Å². The molecule has 3 rings (SSSR count). The Morgan fingerprint density at radius 2 is 1.53 bits per heavy atom. The Balaban J connectivity index is 1.74. The highest BCUT2D eigenvalue weighted by molar-refractivity contribution is 7.89. The van der Waals surface area contributed by atoms with Crippen LogP contribution in [0, 0.1) is 0 Å². The zero-order valence-electron chi connectivity index (χ0n) is 19.6. The Bertz CT molecular complexity index is 1320. The van der Waals surface area contributed by atoms with Crippen LogP contribution in [0.5, 0.6) is 11.5 Å². The molecule has 192 valence electrons. The first kappa shape index (κ1) is 28.1. The van der Waals surface area contributed by atoms with Crippen LogP contribution in [0.1, 0.15) is 11.1 Å². The summed E-state index contributed by atoms with van der Waals surface area (Å²) in [5.74, 6) is 0.742. The number of carbonyl (C=O) groups is 1. The third-order valence-electron chi connectivity index (χ3n) is 5.30. The zero-order chi connectivity index (χ0) is 26.3. The smallest absolute Gasteiger partial charge is 0.243 e. The SMILES string of the molecule is COc1ccc(CCNC(=O)CN(Cc2ccc(Cl)c(Cl)c2)S(=O)(=O)c2ccc(Cl)cc2)cc1OC. The van der Waals surface area contributed by atoms with Gasteiger partial charge in [-0.05, 0) is 66.1 Å². The lowest BCUT2D eigenvalue weighted by atomic mass is 10.1. The molecule has 3 aromatic carbocycles. The Hall–Kier alpha value is -2.49. The van der Waals surface area contributed by atoms with Crippen LogP contribution in [0.4, 0.5) is 0 Å². The molecule has 0 aliphatic carbocycles. The number of sulfonamides is 1. The lowest BCUT2D eigenvalue weighted by Crippen LogP contribution is -2.40. The minimum Gasteiger partial charge on any atom is -0.493 e.